The quantitative estimate of drug-likeness (QED) is 0.787. The summed E-state index contributed by atoms with van der Waals surface area (Å²) in [6.07, 6.45) is 2.82. The molecule has 0 unspecified atom stereocenters. The Morgan fingerprint density at radius 2 is 1.77 bits per heavy atom. The van der Waals surface area contributed by atoms with E-state index in [1.54, 1.807) is 19.2 Å². The average Bonchev–Trinajstić information content (AvgIpc) is 2.65. The Morgan fingerprint density at radius 3 is 2.27 bits per heavy atom. The van der Waals surface area contributed by atoms with Gasteiger partial charge in [-0.1, -0.05) is 6.92 Å². The minimum absolute atomic E-state index is 0.0140. The van der Waals surface area contributed by atoms with Crippen molar-refractivity contribution in [3.05, 3.63) is 29.8 Å². The van der Waals surface area contributed by atoms with Crippen LogP contribution in [0.2, 0.25) is 0 Å². The fourth-order valence-electron chi connectivity index (χ4n) is 3.19. The van der Waals surface area contributed by atoms with Crippen LogP contribution in [0.3, 0.4) is 0 Å². The molecule has 7 heteroatoms. The summed E-state index contributed by atoms with van der Waals surface area (Å²) in [5, 5.41) is 3.32. The van der Waals surface area contributed by atoms with Crippen molar-refractivity contribution in [1.82, 2.24) is 14.5 Å². The smallest absolute Gasteiger partial charge is 0.254 e. The second-order valence-electron chi connectivity index (χ2n) is 7.12. The first-order valence-corrected chi connectivity index (χ1v) is 10.8. The molecule has 0 aromatic heterocycles. The van der Waals surface area contributed by atoms with E-state index in [0.29, 0.717) is 5.56 Å². The molecule has 0 spiro atoms. The molecule has 6 nitrogen and oxygen atoms in total. The number of sulfonamides is 1. The monoisotopic (exact) mass is 381 g/mol. The van der Waals surface area contributed by atoms with E-state index >= 15 is 0 Å². The highest BCUT2D eigenvalue weighted by Crippen LogP contribution is 2.20. The maximum absolute atomic E-state index is 13.0. The number of rotatable bonds is 7. The maximum atomic E-state index is 13.0. The number of carbonyl (C=O) groups excluding carboxylic acids is 1. The van der Waals surface area contributed by atoms with Gasteiger partial charge in [0.05, 0.1) is 4.90 Å². The van der Waals surface area contributed by atoms with Gasteiger partial charge in [0.1, 0.15) is 0 Å². The van der Waals surface area contributed by atoms with Gasteiger partial charge in [-0.25, -0.2) is 8.42 Å². The van der Waals surface area contributed by atoms with Crippen molar-refractivity contribution < 1.29 is 13.2 Å². The van der Waals surface area contributed by atoms with Crippen LogP contribution >= 0.6 is 0 Å². The number of hydrogen-bond donors (Lipinski definition) is 1. The van der Waals surface area contributed by atoms with Crippen molar-refractivity contribution in [3.8, 4) is 0 Å². The lowest BCUT2D eigenvalue weighted by molar-refractivity contribution is 0.0642. The van der Waals surface area contributed by atoms with Crippen LogP contribution in [0.4, 0.5) is 0 Å². The van der Waals surface area contributed by atoms with Crippen LogP contribution in [0.15, 0.2) is 29.2 Å². The van der Waals surface area contributed by atoms with Crippen molar-refractivity contribution in [3.63, 3.8) is 0 Å². The first-order chi connectivity index (χ1) is 12.3. The number of nitrogens with zero attached hydrogens (tertiary/aromatic N) is 2. The van der Waals surface area contributed by atoms with Gasteiger partial charge in [-0.3, -0.25) is 4.79 Å². The average molecular weight is 382 g/mol. The van der Waals surface area contributed by atoms with Gasteiger partial charge in [0.2, 0.25) is 10.0 Å². The first-order valence-electron chi connectivity index (χ1n) is 9.38. The van der Waals surface area contributed by atoms with E-state index in [2.05, 4.69) is 12.2 Å². The van der Waals surface area contributed by atoms with E-state index in [0.717, 1.165) is 38.9 Å². The number of piperidine rings is 1. The van der Waals surface area contributed by atoms with Crippen molar-refractivity contribution in [2.75, 3.05) is 26.7 Å². The molecule has 2 rings (SSSR count). The SMILES string of the molecule is CCCN(C(=O)c1ccc(S(=O)(=O)N(C)C(C)C)cc1)C1CCNCC1. The van der Waals surface area contributed by atoms with Gasteiger partial charge < -0.3 is 10.2 Å². The summed E-state index contributed by atoms with van der Waals surface area (Å²) in [6, 6.07) is 6.46. The Balaban J connectivity index is 2.21. The van der Waals surface area contributed by atoms with Crippen LogP contribution in [0.25, 0.3) is 0 Å². The maximum Gasteiger partial charge on any atom is 0.254 e. The highest BCUT2D eigenvalue weighted by molar-refractivity contribution is 7.89. The predicted molar refractivity (Wildman–Crippen MR) is 104 cm³/mol. The molecule has 146 valence electrons. The fraction of sp³-hybridized carbons (Fsp3) is 0.632. The first kappa shape index (κ1) is 20.9. The van der Waals surface area contributed by atoms with Gasteiger partial charge in [0.25, 0.3) is 5.91 Å². The standard InChI is InChI=1S/C19H31N3O3S/c1-5-14-22(17-10-12-20-13-11-17)19(23)16-6-8-18(9-7-16)26(24,25)21(4)15(2)3/h6-9,15,17,20H,5,10-14H2,1-4H3. The molecular formula is C19H31N3O3S. The Bertz CT molecular complexity index is 695. The molecule has 1 fully saturated rings. The van der Waals surface area contributed by atoms with E-state index in [-0.39, 0.29) is 22.9 Å². The van der Waals surface area contributed by atoms with E-state index < -0.39 is 10.0 Å². The molecule has 26 heavy (non-hydrogen) atoms. The van der Waals surface area contributed by atoms with E-state index in [9.17, 15) is 13.2 Å². The minimum atomic E-state index is -3.53. The molecule has 1 heterocycles. The second-order valence-corrected chi connectivity index (χ2v) is 9.12. The fourth-order valence-corrected chi connectivity index (χ4v) is 4.56. The largest absolute Gasteiger partial charge is 0.336 e. The van der Waals surface area contributed by atoms with Crippen molar-refractivity contribution >= 4 is 15.9 Å². The number of amides is 1. The third-order valence-electron chi connectivity index (χ3n) is 4.98. The topological polar surface area (TPSA) is 69.7 Å². The molecule has 1 aliphatic rings. The van der Waals surface area contributed by atoms with E-state index in [1.165, 1.54) is 16.4 Å². The van der Waals surface area contributed by atoms with E-state index in [4.69, 9.17) is 0 Å². The van der Waals surface area contributed by atoms with Gasteiger partial charge >= 0.3 is 0 Å². The molecule has 1 aromatic rings. The summed E-state index contributed by atoms with van der Waals surface area (Å²) in [7, 11) is -1.96. The third-order valence-corrected chi connectivity index (χ3v) is 7.03. The van der Waals surface area contributed by atoms with Crippen molar-refractivity contribution in [2.24, 2.45) is 0 Å². The molecule has 1 aliphatic heterocycles. The number of benzene rings is 1. The van der Waals surface area contributed by atoms with Crippen LogP contribution in [-0.2, 0) is 10.0 Å². The Kier molecular flexibility index (Phi) is 7.20. The second kappa shape index (κ2) is 8.97. The Labute approximate surface area is 157 Å². The summed E-state index contributed by atoms with van der Waals surface area (Å²) in [4.78, 5) is 15.1. The van der Waals surface area contributed by atoms with Gasteiger partial charge in [-0.05, 0) is 70.5 Å². The third kappa shape index (κ3) is 4.64. The summed E-state index contributed by atoms with van der Waals surface area (Å²) >= 11 is 0. The highest BCUT2D eigenvalue weighted by atomic mass is 32.2. The van der Waals surface area contributed by atoms with Crippen LogP contribution in [0.5, 0.6) is 0 Å². The Hall–Kier alpha value is -1.44. The zero-order valence-electron chi connectivity index (χ0n) is 16.2. The van der Waals surface area contributed by atoms with Crippen LogP contribution in [0.1, 0.15) is 50.4 Å². The molecule has 0 radical (unpaired) electrons. The molecule has 0 aliphatic carbocycles. The normalized spacial score (nSPS) is 16.2. The molecule has 0 atom stereocenters. The zero-order valence-corrected chi connectivity index (χ0v) is 17.1. The molecule has 1 amide bonds. The highest BCUT2D eigenvalue weighted by Gasteiger charge is 2.27. The van der Waals surface area contributed by atoms with E-state index in [1.807, 2.05) is 18.7 Å². The number of carbonyl (C=O) groups is 1. The van der Waals surface area contributed by atoms with Gasteiger partial charge in [-0.2, -0.15) is 4.31 Å². The van der Waals surface area contributed by atoms with Crippen LogP contribution in [-0.4, -0.2) is 62.3 Å². The molecule has 0 saturated carbocycles. The molecule has 1 N–H and O–H groups in total. The Morgan fingerprint density at radius 1 is 1.19 bits per heavy atom. The zero-order chi connectivity index (χ0) is 19.3. The van der Waals surface area contributed by atoms with Crippen molar-refractivity contribution in [1.29, 1.82) is 0 Å². The summed E-state index contributed by atoms with van der Waals surface area (Å²) in [6.45, 7) is 8.31. The summed E-state index contributed by atoms with van der Waals surface area (Å²) in [5.74, 6) is -0.0140. The predicted octanol–water partition coefficient (Wildman–Crippen LogP) is 2.32. The number of hydrogen-bond acceptors (Lipinski definition) is 4. The van der Waals surface area contributed by atoms with Crippen LogP contribution < -0.4 is 5.32 Å². The molecule has 1 aromatic carbocycles. The number of nitrogens with one attached hydrogen (secondary N) is 1. The minimum Gasteiger partial charge on any atom is -0.336 e. The van der Waals surface area contributed by atoms with Gasteiger partial charge in [0.15, 0.2) is 0 Å². The molecule has 1 saturated heterocycles. The molecular weight excluding hydrogens is 350 g/mol. The lowest BCUT2D eigenvalue weighted by atomic mass is 10.0. The van der Waals surface area contributed by atoms with Gasteiger partial charge in [0, 0.05) is 31.2 Å². The summed E-state index contributed by atoms with van der Waals surface area (Å²) in [5.41, 5.74) is 0.545. The lowest BCUT2D eigenvalue weighted by Crippen LogP contribution is -2.46. The van der Waals surface area contributed by atoms with Crippen molar-refractivity contribution in [2.45, 2.75) is 57.0 Å². The molecule has 0 bridgehead atoms. The van der Waals surface area contributed by atoms with Crippen LogP contribution in [0, 0.1) is 0 Å². The van der Waals surface area contributed by atoms with Gasteiger partial charge in [-0.15, -0.1) is 0 Å². The summed E-state index contributed by atoms with van der Waals surface area (Å²) < 4.78 is 26.5. The lowest BCUT2D eigenvalue weighted by Gasteiger charge is -2.34.